The molecule has 19 heavy (non-hydrogen) atoms. The molecule has 2 heteroatoms. The molecule has 0 radical (unpaired) electrons. The van der Waals surface area contributed by atoms with Crippen LogP contribution in [0.2, 0.25) is 0 Å². The highest BCUT2D eigenvalue weighted by Crippen LogP contribution is 2.33. The van der Waals surface area contributed by atoms with Crippen LogP contribution in [0.25, 0.3) is 0 Å². The molecule has 0 aromatic heterocycles. The third-order valence-corrected chi connectivity index (χ3v) is 3.28. The van der Waals surface area contributed by atoms with Gasteiger partial charge >= 0.3 is 0 Å². The van der Waals surface area contributed by atoms with E-state index >= 15 is 0 Å². The number of carbonyl (C=O) groups is 1. The lowest BCUT2D eigenvalue weighted by Gasteiger charge is -2.20. The SMILES string of the molecule is COc1ccccc1C(CC=C(C)C)CC(C)C=O. The number of hydrogen-bond donors (Lipinski definition) is 0. The van der Waals surface area contributed by atoms with Crippen LogP contribution in [0.4, 0.5) is 0 Å². The highest BCUT2D eigenvalue weighted by Gasteiger charge is 2.17. The molecule has 0 aliphatic heterocycles. The van der Waals surface area contributed by atoms with Crippen molar-refractivity contribution in [1.82, 2.24) is 0 Å². The van der Waals surface area contributed by atoms with Gasteiger partial charge in [0.1, 0.15) is 12.0 Å². The standard InChI is InChI=1S/C17H24O2/c1-13(2)9-10-15(11-14(3)12-18)16-7-5-6-8-17(16)19-4/h5-9,12,14-15H,10-11H2,1-4H3. The van der Waals surface area contributed by atoms with E-state index in [9.17, 15) is 4.79 Å². The van der Waals surface area contributed by atoms with Crippen molar-refractivity contribution >= 4 is 6.29 Å². The van der Waals surface area contributed by atoms with Gasteiger partial charge in [0.15, 0.2) is 0 Å². The average molecular weight is 260 g/mol. The van der Waals surface area contributed by atoms with Gasteiger partial charge in [0, 0.05) is 5.92 Å². The van der Waals surface area contributed by atoms with Crippen LogP contribution in [-0.2, 0) is 4.79 Å². The molecule has 2 unspecified atom stereocenters. The molecule has 0 spiro atoms. The van der Waals surface area contributed by atoms with E-state index in [2.05, 4.69) is 26.0 Å². The van der Waals surface area contributed by atoms with E-state index in [-0.39, 0.29) is 5.92 Å². The molecule has 2 atom stereocenters. The van der Waals surface area contributed by atoms with Crippen molar-refractivity contribution in [3.63, 3.8) is 0 Å². The Balaban J connectivity index is 3.00. The lowest BCUT2D eigenvalue weighted by molar-refractivity contribution is -0.110. The molecule has 0 aliphatic carbocycles. The van der Waals surface area contributed by atoms with E-state index in [1.165, 1.54) is 11.1 Å². The number of methoxy groups -OCH3 is 1. The van der Waals surface area contributed by atoms with E-state index < -0.39 is 0 Å². The van der Waals surface area contributed by atoms with Gasteiger partial charge in [-0.05, 0) is 44.2 Å². The Morgan fingerprint density at radius 2 is 2.00 bits per heavy atom. The second kappa shape index (κ2) is 7.78. The normalized spacial score (nSPS) is 13.5. The fourth-order valence-electron chi connectivity index (χ4n) is 2.24. The van der Waals surface area contributed by atoms with Crippen LogP contribution in [0.1, 0.15) is 45.1 Å². The van der Waals surface area contributed by atoms with Gasteiger partial charge in [-0.2, -0.15) is 0 Å². The third-order valence-electron chi connectivity index (χ3n) is 3.28. The largest absolute Gasteiger partial charge is 0.496 e. The van der Waals surface area contributed by atoms with Crippen LogP contribution >= 0.6 is 0 Å². The van der Waals surface area contributed by atoms with E-state index in [0.717, 1.165) is 24.9 Å². The molecule has 1 aromatic rings. The summed E-state index contributed by atoms with van der Waals surface area (Å²) in [6.45, 7) is 6.17. The smallest absolute Gasteiger partial charge is 0.122 e. The first-order chi connectivity index (χ1) is 9.08. The average Bonchev–Trinajstić information content (AvgIpc) is 2.42. The molecular weight excluding hydrogens is 236 g/mol. The lowest BCUT2D eigenvalue weighted by atomic mass is 9.86. The Morgan fingerprint density at radius 1 is 1.32 bits per heavy atom. The van der Waals surface area contributed by atoms with Crippen LogP contribution in [-0.4, -0.2) is 13.4 Å². The number of benzene rings is 1. The molecule has 0 fully saturated rings. The maximum absolute atomic E-state index is 10.9. The van der Waals surface area contributed by atoms with Gasteiger partial charge < -0.3 is 9.53 Å². The highest BCUT2D eigenvalue weighted by molar-refractivity contribution is 5.53. The van der Waals surface area contributed by atoms with Crippen LogP contribution in [0, 0.1) is 5.92 Å². The molecule has 0 N–H and O–H groups in total. The van der Waals surface area contributed by atoms with Gasteiger partial charge in [0.05, 0.1) is 7.11 Å². The van der Waals surface area contributed by atoms with E-state index in [1.807, 2.05) is 25.1 Å². The molecular formula is C17H24O2. The van der Waals surface area contributed by atoms with Crippen molar-refractivity contribution in [3.8, 4) is 5.75 Å². The number of rotatable bonds is 7. The number of aldehydes is 1. The first kappa shape index (κ1) is 15.5. The first-order valence-electron chi connectivity index (χ1n) is 6.80. The quantitative estimate of drug-likeness (QED) is 0.538. The number of allylic oxidation sites excluding steroid dienone is 2. The zero-order chi connectivity index (χ0) is 14.3. The Morgan fingerprint density at radius 3 is 2.58 bits per heavy atom. The monoisotopic (exact) mass is 260 g/mol. The van der Waals surface area contributed by atoms with Crippen molar-refractivity contribution in [2.24, 2.45) is 5.92 Å². The predicted octanol–water partition coefficient (Wildman–Crippen LogP) is 4.36. The summed E-state index contributed by atoms with van der Waals surface area (Å²) < 4.78 is 5.44. The van der Waals surface area contributed by atoms with Crippen molar-refractivity contribution in [3.05, 3.63) is 41.5 Å². The zero-order valence-corrected chi connectivity index (χ0v) is 12.3. The summed E-state index contributed by atoms with van der Waals surface area (Å²) in [6, 6.07) is 8.08. The molecule has 0 saturated heterocycles. The summed E-state index contributed by atoms with van der Waals surface area (Å²) in [5.74, 6) is 1.31. The van der Waals surface area contributed by atoms with Crippen LogP contribution in [0.5, 0.6) is 5.75 Å². The molecule has 2 nitrogen and oxygen atoms in total. The van der Waals surface area contributed by atoms with Gasteiger partial charge in [-0.1, -0.05) is 36.8 Å². The van der Waals surface area contributed by atoms with Gasteiger partial charge in [0.25, 0.3) is 0 Å². The van der Waals surface area contributed by atoms with E-state index in [4.69, 9.17) is 4.74 Å². The van der Waals surface area contributed by atoms with Crippen molar-refractivity contribution < 1.29 is 9.53 Å². The minimum Gasteiger partial charge on any atom is -0.496 e. The number of para-hydroxylation sites is 1. The Bertz CT molecular complexity index is 431. The molecule has 1 rings (SSSR count). The predicted molar refractivity (Wildman–Crippen MR) is 79.6 cm³/mol. The summed E-state index contributed by atoms with van der Waals surface area (Å²) in [5, 5.41) is 0. The Kier molecular flexibility index (Phi) is 6.34. The van der Waals surface area contributed by atoms with Gasteiger partial charge in [-0.15, -0.1) is 0 Å². The topological polar surface area (TPSA) is 26.3 Å². The van der Waals surface area contributed by atoms with Gasteiger partial charge in [0.2, 0.25) is 0 Å². The maximum Gasteiger partial charge on any atom is 0.122 e. The van der Waals surface area contributed by atoms with Gasteiger partial charge in [-0.3, -0.25) is 0 Å². The second-order valence-electron chi connectivity index (χ2n) is 5.31. The van der Waals surface area contributed by atoms with Crippen LogP contribution < -0.4 is 4.74 Å². The molecule has 104 valence electrons. The van der Waals surface area contributed by atoms with Crippen molar-refractivity contribution in [2.45, 2.75) is 39.5 Å². The summed E-state index contributed by atoms with van der Waals surface area (Å²) in [6.07, 6.45) is 5.06. The van der Waals surface area contributed by atoms with Crippen molar-refractivity contribution in [2.75, 3.05) is 7.11 Å². The Labute approximate surface area is 116 Å². The van der Waals surface area contributed by atoms with E-state index in [0.29, 0.717) is 5.92 Å². The van der Waals surface area contributed by atoms with Crippen LogP contribution in [0.15, 0.2) is 35.9 Å². The second-order valence-corrected chi connectivity index (χ2v) is 5.31. The number of ether oxygens (including phenoxy) is 1. The lowest BCUT2D eigenvalue weighted by Crippen LogP contribution is -2.07. The summed E-state index contributed by atoms with van der Waals surface area (Å²) >= 11 is 0. The van der Waals surface area contributed by atoms with Crippen LogP contribution in [0.3, 0.4) is 0 Å². The highest BCUT2D eigenvalue weighted by atomic mass is 16.5. The minimum absolute atomic E-state index is 0.0699. The van der Waals surface area contributed by atoms with Gasteiger partial charge in [-0.25, -0.2) is 0 Å². The molecule has 0 aliphatic rings. The number of carbonyl (C=O) groups excluding carboxylic acids is 1. The molecule has 0 bridgehead atoms. The fraction of sp³-hybridized carbons (Fsp3) is 0.471. The summed E-state index contributed by atoms with van der Waals surface area (Å²) in [4.78, 5) is 10.9. The molecule has 0 saturated carbocycles. The molecule has 1 aromatic carbocycles. The molecule has 0 heterocycles. The van der Waals surface area contributed by atoms with Crippen molar-refractivity contribution in [1.29, 1.82) is 0 Å². The minimum atomic E-state index is 0.0699. The summed E-state index contributed by atoms with van der Waals surface area (Å²) in [7, 11) is 1.69. The summed E-state index contributed by atoms with van der Waals surface area (Å²) in [5.41, 5.74) is 2.50. The van der Waals surface area contributed by atoms with E-state index in [1.54, 1.807) is 7.11 Å². The fourth-order valence-corrected chi connectivity index (χ4v) is 2.24. The maximum atomic E-state index is 10.9. The Hall–Kier alpha value is -1.57. The first-order valence-corrected chi connectivity index (χ1v) is 6.80. The third kappa shape index (κ3) is 4.90. The molecule has 0 amide bonds. The number of hydrogen-bond acceptors (Lipinski definition) is 2. The zero-order valence-electron chi connectivity index (χ0n) is 12.3.